The van der Waals surface area contributed by atoms with Crippen molar-refractivity contribution in [1.29, 1.82) is 5.41 Å². The summed E-state index contributed by atoms with van der Waals surface area (Å²) in [4.78, 5) is 6.45. The van der Waals surface area contributed by atoms with Crippen molar-refractivity contribution >= 4 is 11.7 Å². The van der Waals surface area contributed by atoms with Crippen LogP contribution in [0.2, 0.25) is 0 Å². The van der Waals surface area contributed by atoms with Gasteiger partial charge >= 0.3 is 0 Å². The molecule has 0 amide bonds. The summed E-state index contributed by atoms with van der Waals surface area (Å²) >= 11 is 0. The second kappa shape index (κ2) is 4.71. The second-order valence-corrected chi connectivity index (χ2v) is 4.36. The Morgan fingerprint density at radius 1 is 1.59 bits per heavy atom. The predicted molar refractivity (Wildman–Crippen MR) is 67.5 cm³/mol. The highest BCUT2D eigenvalue weighted by atomic mass is 16.5. The van der Waals surface area contributed by atoms with Crippen LogP contribution >= 0.6 is 0 Å². The van der Waals surface area contributed by atoms with Crippen LogP contribution in [-0.2, 0) is 4.74 Å². The Kier molecular flexibility index (Phi) is 3.28. The Hall–Kier alpha value is -1.62. The van der Waals surface area contributed by atoms with Crippen LogP contribution < -0.4 is 10.6 Å². The fourth-order valence-electron chi connectivity index (χ4n) is 2.15. The van der Waals surface area contributed by atoms with Gasteiger partial charge in [0.1, 0.15) is 11.7 Å². The average Bonchev–Trinajstić information content (AvgIpc) is 2.74. The van der Waals surface area contributed by atoms with Crippen LogP contribution in [-0.4, -0.2) is 36.6 Å². The molecule has 1 aliphatic rings. The Morgan fingerprint density at radius 3 is 2.82 bits per heavy atom. The number of nitrogens with one attached hydrogen (secondary N) is 1. The van der Waals surface area contributed by atoms with E-state index in [4.69, 9.17) is 15.9 Å². The standard InChI is InChI=1S/C12H18N4O/c1-8-10(5-6-17-8)16(2)11-4-3-9(7-15-11)12(13)14/h3-4,7-8,10H,5-6H2,1-2H3,(H3,13,14). The third-order valence-electron chi connectivity index (χ3n) is 3.25. The molecule has 17 heavy (non-hydrogen) atoms. The lowest BCUT2D eigenvalue weighted by atomic mass is 10.1. The molecule has 1 aliphatic heterocycles. The molecule has 2 rings (SSSR count). The number of nitrogens with zero attached hydrogens (tertiary/aromatic N) is 2. The molecule has 0 spiro atoms. The van der Waals surface area contributed by atoms with Crippen LogP contribution in [0.25, 0.3) is 0 Å². The van der Waals surface area contributed by atoms with Crippen molar-refractivity contribution in [3.63, 3.8) is 0 Å². The first kappa shape index (κ1) is 11.9. The molecule has 3 N–H and O–H groups in total. The van der Waals surface area contributed by atoms with E-state index in [0.717, 1.165) is 18.8 Å². The highest BCUT2D eigenvalue weighted by Gasteiger charge is 2.28. The molecule has 0 aromatic carbocycles. The van der Waals surface area contributed by atoms with Gasteiger partial charge in [0.05, 0.1) is 12.1 Å². The van der Waals surface area contributed by atoms with E-state index in [9.17, 15) is 0 Å². The van der Waals surface area contributed by atoms with Gasteiger partial charge in [0.15, 0.2) is 0 Å². The number of aromatic nitrogens is 1. The van der Waals surface area contributed by atoms with Crippen molar-refractivity contribution in [2.45, 2.75) is 25.5 Å². The van der Waals surface area contributed by atoms with Crippen molar-refractivity contribution in [2.75, 3.05) is 18.6 Å². The van der Waals surface area contributed by atoms with E-state index in [-0.39, 0.29) is 11.9 Å². The quantitative estimate of drug-likeness (QED) is 0.604. The summed E-state index contributed by atoms with van der Waals surface area (Å²) in [5.41, 5.74) is 6.04. The Morgan fingerprint density at radius 2 is 2.35 bits per heavy atom. The van der Waals surface area contributed by atoms with Gasteiger partial charge in [0, 0.05) is 25.4 Å². The van der Waals surface area contributed by atoms with Crippen molar-refractivity contribution in [3.05, 3.63) is 23.9 Å². The first-order valence-corrected chi connectivity index (χ1v) is 5.74. The number of pyridine rings is 1. The average molecular weight is 234 g/mol. The van der Waals surface area contributed by atoms with Gasteiger partial charge in [-0.2, -0.15) is 0 Å². The lowest BCUT2D eigenvalue weighted by Gasteiger charge is -2.27. The van der Waals surface area contributed by atoms with Crippen LogP contribution in [0.3, 0.4) is 0 Å². The van der Waals surface area contributed by atoms with E-state index < -0.39 is 0 Å². The molecule has 0 radical (unpaired) electrons. The first-order chi connectivity index (χ1) is 8.09. The monoisotopic (exact) mass is 234 g/mol. The number of ether oxygens (including phenoxy) is 1. The van der Waals surface area contributed by atoms with Crippen molar-refractivity contribution in [1.82, 2.24) is 4.98 Å². The summed E-state index contributed by atoms with van der Waals surface area (Å²) in [5.74, 6) is 0.932. The topological polar surface area (TPSA) is 75.2 Å². The van der Waals surface area contributed by atoms with Crippen LogP contribution in [0.1, 0.15) is 18.9 Å². The van der Waals surface area contributed by atoms with Gasteiger partial charge in [0.25, 0.3) is 0 Å². The smallest absolute Gasteiger partial charge is 0.128 e. The fraction of sp³-hybridized carbons (Fsp3) is 0.500. The molecular formula is C12H18N4O. The SMILES string of the molecule is CC1OCCC1N(C)c1ccc(C(=N)N)cn1. The molecule has 92 valence electrons. The fourth-order valence-corrected chi connectivity index (χ4v) is 2.15. The minimum absolute atomic E-state index is 0.0456. The second-order valence-electron chi connectivity index (χ2n) is 4.36. The van der Waals surface area contributed by atoms with Gasteiger partial charge in [-0.1, -0.05) is 0 Å². The lowest BCUT2D eigenvalue weighted by Crippen LogP contribution is -2.37. The molecule has 2 heterocycles. The van der Waals surface area contributed by atoms with Gasteiger partial charge in [-0.25, -0.2) is 4.98 Å². The van der Waals surface area contributed by atoms with Crippen molar-refractivity contribution in [3.8, 4) is 0 Å². The lowest BCUT2D eigenvalue weighted by molar-refractivity contribution is 0.118. The van der Waals surface area contributed by atoms with Gasteiger partial charge in [-0.3, -0.25) is 5.41 Å². The van der Waals surface area contributed by atoms with E-state index in [0.29, 0.717) is 11.6 Å². The zero-order valence-electron chi connectivity index (χ0n) is 10.2. The number of rotatable bonds is 3. The van der Waals surface area contributed by atoms with Crippen LogP contribution in [0.5, 0.6) is 0 Å². The van der Waals surface area contributed by atoms with Crippen molar-refractivity contribution < 1.29 is 4.74 Å². The molecular weight excluding hydrogens is 216 g/mol. The summed E-state index contributed by atoms with van der Waals surface area (Å²) in [6.07, 6.45) is 2.89. The van der Waals surface area contributed by atoms with Gasteiger partial charge < -0.3 is 15.4 Å². The molecule has 5 nitrogen and oxygen atoms in total. The molecule has 0 bridgehead atoms. The number of nitrogens with two attached hydrogens (primary N) is 1. The third kappa shape index (κ3) is 2.39. The maximum atomic E-state index is 7.32. The molecule has 1 fully saturated rings. The molecule has 1 saturated heterocycles. The minimum atomic E-state index is 0.0456. The predicted octanol–water partition coefficient (Wildman–Crippen LogP) is 0.979. The minimum Gasteiger partial charge on any atom is -0.384 e. The van der Waals surface area contributed by atoms with E-state index in [1.165, 1.54) is 0 Å². The number of hydrogen-bond acceptors (Lipinski definition) is 4. The maximum absolute atomic E-state index is 7.32. The van der Waals surface area contributed by atoms with Gasteiger partial charge in [-0.05, 0) is 25.5 Å². The summed E-state index contributed by atoms with van der Waals surface area (Å²) in [6.45, 7) is 2.89. The summed E-state index contributed by atoms with van der Waals surface area (Å²) in [6, 6.07) is 4.08. The molecule has 1 aromatic heterocycles. The molecule has 0 aliphatic carbocycles. The number of anilines is 1. The third-order valence-corrected chi connectivity index (χ3v) is 3.25. The van der Waals surface area contributed by atoms with Gasteiger partial charge in [0.2, 0.25) is 0 Å². The van der Waals surface area contributed by atoms with Crippen LogP contribution in [0.4, 0.5) is 5.82 Å². The molecule has 5 heteroatoms. The highest BCUT2D eigenvalue weighted by molar-refractivity contribution is 5.94. The molecule has 2 atom stereocenters. The summed E-state index contributed by atoms with van der Waals surface area (Å²) in [5, 5.41) is 7.32. The zero-order valence-corrected chi connectivity index (χ0v) is 10.2. The van der Waals surface area contributed by atoms with Crippen LogP contribution in [0.15, 0.2) is 18.3 Å². The summed E-state index contributed by atoms with van der Waals surface area (Å²) < 4.78 is 5.55. The van der Waals surface area contributed by atoms with E-state index in [2.05, 4.69) is 16.8 Å². The van der Waals surface area contributed by atoms with E-state index in [1.54, 1.807) is 6.20 Å². The Labute approximate surface area is 101 Å². The molecule has 1 aromatic rings. The zero-order chi connectivity index (χ0) is 12.4. The Balaban J connectivity index is 2.14. The normalized spacial score (nSPS) is 23.6. The van der Waals surface area contributed by atoms with Gasteiger partial charge in [-0.15, -0.1) is 0 Å². The van der Waals surface area contributed by atoms with Crippen molar-refractivity contribution in [2.24, 2.45) is 5.73 Å². The van der Waals surface area contributed by atoms with E-state index >= 15 is 0 Å². The Bertz CT molecular complexity index is 403. The number of nitrogen functional groups attached to an aromatic ring is 1. The molecule has 2 unspecified atom stereocenters. The largest absolute Gasteiger partial charge is 0.384 e. The maximum Gasteiger partial charge on any atom is 0.128 e. The summed E-state index contributed by atoms with van der Waals surface area (Å²) in [7, 11) is 2.02. The first-order valence-electron chi connectivity index (χ1n) is 5.74. The number of amidine groups is 1. The number of likely N-dealkylation sites (N-methyl/N-ethyl adjacent to an activating group) is 1. The van der Waals surface area contributed by atoms with Crippen LogP contribution in [0, 0.1) is 5.41 Å². The number of hydrogen-bond donors (Lipinski definition) is 2. The van der Waals surface area contributed by atoms with E-state index in [1.807, 2.05) is 19.2 Å². The highest BCUT2D eigenvalue weighted by Crippen LogP contribution is 2.22. The molecule has 0 saturated carbocycles.